The van der Waals surface area contributed by atoms with E-state index in [4.69, 9.17) is 4.98 Å². The standard InChI is InChI=1S/C30H37N5OS/c1-29(2,3)22-14-21(15-23(16-22)30(4,5)6)28-32-17-25(37-28)20-9-12-34(13-10-20)26(36)18-35-19-33-24-8-7-11-31-27(24)35/h7-8,11,14-17,19-20H,9-10,12-13,18H2,1-6H3. The highest BCUT2D eigenvalue weighted by atomic mass is 32.1. The molecule has 1 aliphatic heterocycles. The Balaban J connectivity index is 1.27. The highest BCUT2D eigenvalue weighted by molar-refractivity contribution is 7.15. The molecule has 0 N–H and O–H groups in total. The average molecular weight is 516 g/mol. The van der Waals surface area contributed by atoms with Gasteiger partial charge in [0.25, 0.3) is 0 Å². The molecule has 0 unspecified atom stereocenters. The molecule has 3 aromatic heterocycles. The molecule has 5 rings (SSSR count). The predicted molar refractivity (Wildman–Crippen MR) is 151 cm³/mol. The molecule has 0 bridgehead atoms. The summed E-state index contributed by atoms with van der Waals surface area (Å²) in [5.41, 5.74) is 5.63. The van der Waals surface area contributed by atoms with Crippen molar-refractivity contribution in [1.29, 1.82) is 0 Å². The van der Waals surface area contributed by atoms with Crippen molar-refractivity contribution in [2.45, 2.75) is 77.7 Å². The molecule has 0 spiro atoms. The first-order valence-electron chi connectivity index (χ1n) is 13.1. The van der Waals surface area contributed by atoms with Crippen LogP contribution in [0.5, 0.6) is 0 Å². The van der Waals surface area contributed by atoms with E-state index in [9.17, 15) is 4.79 Å². The molecule has 1 amide bonds. The maximum atomic E-state index is 13.0. The van der Waals surface area contributed by atoms with Crippen molar-refractivity contribution in [1.82, 2.24) is 24.4 Å². The third kappa shape index (κ3) is 5.47. The molecule has 0 saturated carbocycles. The fourth-order valence-corrected chi connectivity index (χ4v) is 5.97. The summed E-state index contributed by atoms with van der Waals surface area (Å²) in [6.07, 6.45) is 7.44. The zero-order valence-corrected chi connectivity index (χ0v) is 23.6. The third-order valence-corrected chi connectivity index (χ3v) is 8.57. The summed E-state index contributed by atoms with van der Waals surface area (Å²) >= 11 is 1.81. The van der Waals surface area contributed by atoms with Gasteiger partial charge >= 0.3 is 0 Å². The smallest absolute Gasteiger partial charge is 0.242 e. The summed E-state index contributed by atoms with van der Waals surface area (Å²) in [4.78, 5) is 29.9. The van der Waals surface area contributed by atoms with Gasteiger partial charge in [-0.3, -0.25) is 4.79 Å². The van der Waals surface area contributed by atoms with Crippen molar-refractivity contribution >= 4 is 28.4 Å². The van der Waals surface area contributed by atoms with Gasteiger partial charge < -0.3 is 9.47 Å². The number of imidazole rings is 1. The molecule has 1 aliphatic rings. The summed E-state index contributed by atoms with van der Waals surface area (Å²) in [7, 11) is 0. The summed E-state index contributed by atoms with van der Waals surface area (Å²) in [6.45, 7) is 15.4. The molecule has 194 valence electrons. The van der Waals surface area contributed by atoms with E-state index < -0.39 is 0 Å². The number of amides is 1. The highest BCUT2D eigenvalue weighted by Crippen LogP contribution is 2.38. The summed E-state index contributed by atoms with van der Waals surface area (Å²) < 4.78 is 1.84. The van der Waals surface area contributed by atoms with E-state index in [-0.39, 0.29) is 23.3 Å². The number of thiazole rings is 1. The van der Waals surface area contributed by atoms with Crippen LogP contribution in [0.2, 0.25) is 0 Å². The fraction of sp³-hybridized carbons (Fsp3) is 0.467. The molecule has 1 fully saturated rings. The van der Waals surface area contributed by atoms with Crippen LogP contribution in [-0.4, -0.2) is 43.4 Å². The number of hydrogen-bond acceptors (Lipinski definition) is 5. The van der Waals surface area contributed by atoms with E-state index in [2.05, 4.69) is 75.9 Å². The van der Waals surface area contributed by atoms with E-state index in [0.717, 1.165) is 42.1 Å². The Morgan fingerprint density at radius 1 is 0.973 bits per heavy atom. The normalized spacial score (nSPS) is 15.5. The predicted octanol–water partition coefficient (Wildman–Crippen LogP) is 6.56. The van der Waals surface area contributed by atoms with Gasteiger partial charge in [-0.2, -0.15) is 0 Å². The molecule has 4 heterocycles. The van der Waals surface area contributed by atoms with Crippen molar-refractivity contribution in [2.24, 2.45) is 0 Å². The van der Waals surface area contributed by atoms with Crippen LogP contribution < -0.4 is 0 Å². The van der Waals surface area contributed by atoms with Gasteiger partial charge in [-0.1, -0.05) is 47.6 Å². The second kappa shape index (κ2) is 9.67. The lowest BCUT2D eigenvalue weighted by atomic mass is 9.79. The zero-order chi connectivity index (χ0) is 26.4. The number of fused-ring (bicyclic) bond motifs is 1. The number of rotatable bonds is 4. The number of piperidine rings is 1. The molecule has 37 heavy (non-hydrogen) atoms. The molecule has 4 aromatic rings. The van der Waals surface area contributed by atoms with Crippen LogP contribution >= 0.6 is 11.3 Å². The summed E-state index contributed by atoms with van der Waals surface area (Å²) in [5, 5.41) is 1.09. The minimum absolute atomic E-state index is 0.0779. The molecule has 7 heteroatoms. The minimum Gasteiger partial charge on any atom is -0.341 e. The number of pyridine rings is 1. The molecule has 6 nitrogen and oxygen atoms in total. The van der Waals surface area contributed by atoms with Gasteiger partial charge in [0, 0.05) is 35.9 Å². The second-order valence-electron chi connectivity index (χ2n) is 12.2. The third-order valence-electron chi connectivity index (χ3n) is 7.37. The lowest BCUT2D eigenvalue weighted by Gasteiger charge is -2.31. The molecule has 1 aromatic carbocycles. The summed E-state index contributed by atoms with van der Waals surface area (Å²) in [6, 6.07) is 10.8. The number of aromatic nitrogens is 4. The van der Waals surface area contributed by atoms with Crippen LogP contribution in [0.25, 0.3) is 21.7 Å². The molecule has 0 radical (unpaired) electrons. The Morgan fingerprint density at radius 3 is 2.30 bits per heavy atom. The van der Waals surface area contributed by atoms with Gasteiger partial charge in [0.2, 0.25) is 5.91 Å². The number of benzene rings is 1. The quantitative estimate of drug-likeness (QED) is 0.309. The number of carbonyl (C=O) groups is 1. The van der Waals surface area contributed by atoms with Gasteiger partial charge in [-0.25, -0.2) is 15.0 Å². The van der Waals surface area contributed by atoms with E-state index in [1.165, 1.54) is 21.6 Å². The first-order valence-corrected chi connectivity index (χ1v) is 14.0. The Bertz CT molecular complexity index is 1380. The SMILES string of the molecule is CC(C)(C)c1cc(-c2ncc(C3CCN(C(=O)Cn4cnc5cccnc54)CC3)s2)cc(C(C)(C)C)c1. The Kier molecular flexibility index (Phi) is 6.69. The maximum absolute atomic E-state index is 13.0. The van der Waals surface area contributed by atoms with Crippen LogP contribution in [0, 0.1) is 0 Å². The van der Waals surface area contributed by atoms with Crippen LogP contribution in [0.15, 0.2) is 49.1 Å². The van der Waals surface area contributed by atoms with Crippen molar-refractivity contribution < 1.29 is 4.79 Å². The first kappa shape index (κ1) is 25.6. The molecule has 1 saturated heterocycles. The molecule has 0 atom stereocenters. The Hall–Kier alpha value is -3.06. The van der Waals surface area contributed by atoms with Gasteiger partial charge in [-0.05, 0) is 65.0 Å². The van der Waals surface area contributed by atoms with E-state index in [1.54, 1.807) is 12.5 Å². The lowest BCUT2D eigenvalue weighted by molar-refractivity contribution is -0.132. The topological polar surface area (TPSA) is 63.9 Å². The molecular weight excluding hydrogens is 478 g/mol. The summed E-state index contributed by atoms with van der Waals surface area (Å²) in [5.74, 6) is 0.570. The molecule has 0 aliphatic carbocycles. The molecular formula is C30H37N5OS. The zero-order valence-electron chi connectivity index (χ0n) is 22.8. The number of likely N-dealkylation sites (tertiary alicyclic amines) is 1. The van der Waals surface area contributed by atoms with Gasteiger partial charge in [-0.15, -0.1) is 11.3 Å². The monoisotopic (exact) mass is 515 g/mol. The average Bonchev–Trinajstić information content (AvgIpc) is 3.51. The van der Waals surface area contributed by atoms with Crippen molar-refractivity contribution in [3.05, 3.63) is 65.1 Å². The van der Waals surface area contributed by atoms with Gasteiger partial charge in [0.15, 0.2) is 5.65 Å². The van der Waals surface area contributed by atoms with E-state index >= 15 is 0 Å². The van der Waals surface area contributed by atoms with E-state index in [1.807, 2.05) is 32.9 Å². The van der Waals surface area contributed by atoms with E-state index in [0.29, 0.717) is 5.92 Å². The van der Waals surface area contributed by atoms with Crippen molar-refractivity contribution in [2.75, 3.05) is 13.1 Å². The van der Waals surface area contributed by atoms with Crippen molar-refractivity contribution in [3.8, 4) is 10.6 Å². The van der Waals surface area contributed by atoms with Crippen molar-refractivity contribution in [3.63, 3.8) is 0 Å². The largest absolute Gasteiger partial charge is 0.341 e. The highest BCUT2D eigenvalue weighted by Gasteiger charge is 2.27. The first-order chi connectivity index (χ1) is 17.5. The number of carbonyl (C=O) groups excluding carboxylic acids is 1. The van der Waals surface area contributed by atoms with Crippen LogP contribution in [-0.2, 0) is 22.2 Å². The van der Waals surface area contributed by atoms with Crippen LogP contribution in [0.4, 0.5) is 0 Å². The Morgan fingerprint density at radius 2 is 1.65 bits per heavy atom. The Labute approximate surface area is 223 Å². The lowest BCUT2D eigenvalue weighted by Crippen LogP contribution is -2.39. The van der Waals surface area contributed by atoms with Crippen LogP contribution in [0.1, 0.15) is 76.3 Å². The minimum atomic E-state index is 0.0779. The fourth-order valence-electron chi connectivity index (χ4n) is 4.90. The second-order valence-corrected chi connectivity index (χ2v) is 13.3. The number of hydrogen-bond donors (Lipinski definition) is 0. The number of nitrogens with zero attached hydrogens (tertiary/aromatic N) is 5. The van der Waals surface area contributed by atoms with Gasteiger partial charge in [0.05, 0.1) is 6.33 Å². The maximum Gasteiger partial charge on any atom is 0.242 e. The van der Waals surface area contributed by atoms with Gasteiger partial charge in [0.1, 0.15) is 17.1 Å². The van der Waals surface area contributed by atoms with Crippen LogP contribution in [0.3, 0.4) is 0 Å².